The van der Waals surface area contributed by atoms with Crippen molar-refractivity contribution >= 4 is 5.91 Å². The third-order valence-electron chi connectivity index (χ3n) is 5.05. The maximum atomic E-state index is 13.2. The Morgan fingerprint density at radius 2 is 1.80 bits per heavy atom. The Bertz CT molecular complexity index is 999. The van der Waals surface area contributed by atoms with Crippen molar-refractivity contribution in [2.75, 3.05) is 32.8 Å². The highest BCUT2D eigenvalue weighted by atomic mass is 19.1. The van der Waals surface area contributed by atoms with Gasteiger partial charge in [-0.2, -0.15) is 4.68 Å². The zero-order chi connectivity index (χ0) is 20.9. The predicted molar refractivity (Wildman–Crippen MR) is 108 cm³/mol. The second-order valence-electron chi connectivity index (χ2n) is 6.98. The van der Waals surface area contributed by atoms with Gasteiger partial charge in [0.2, 0.25) is 0 Å². The quantitative estimate of drug-likeness (QED) is 0.620. The summed E-state index contributed by atoms with van der Waals surface area (Å²) in [5, 5.41) is 11.9. The van der Waals surface area contributed by atoms with Crippen LogP contribution < -0.4 is 4.74 Å². The molecule has 1 amide bonds. The number of hydrogen-bond donors (Lipinski definition) is 0. The fourth-order valence-corrected chi connectivity index (χ4v) is 3.49. The zero-order valence-corrected chi connectivity index (χ0v) is 16.7. The van der Waals surface area contributed by atoms with E-state index in [0.717, 1.165) is 0 Å². The van der Waals surface area contributed by atoms with Crippen LogP contribution in [0.25, 0.3) is 5.69 Å². The molecule has 1 saturated heterocycles. The van der Waals surface area contributed by atoms with Gasteiger partial charge in [0.25, 0.3) is 5.91 Å². The number of tetrazole rings is 1. The molecule has 1 aromatic heterocycles. The van der Waals surface area contributed by atoms with Crippen LogP contribution in [-0.4, -0.2) is 68.7 Å². The summed E-state index contributed by atoms with van der Waals surface area (Å²) in [7, 11) is 0. The summed E-state index contributed by atoms with van der Waals surface area (Å²) in [5.74, 6) is 0.962. The lowest BCUT2D eigenvalue weighted by molar-refractivity contribution is 0.0620. The molecule has 0 atom stereocenters. The standard InChI is InChI=1S/C21H23FN6O2/c1-2-30-19-6-4-3-5-18(19)21(29)27-13-11-26(12-14-27)15-20-23-24-25-28(20)17-9-7-16(22)8-10-17/h3-10H,2,11-15H2,1H3. The number of halogens is 1. The highest BCUT2D eigenvalue weighted by Gasteiger charge is 2.25. The highest BCUT2D eigenvalue weighted by molar-refractivity contribution is 5.97. The van der Waals surface area contributed by atoms with Crippen molar-refractivity contribution in [3.8, 4) is 11.4 Å². The Morgan fingerprint density at radius 3 is 2.53 bits per heavy atom. The van der Waals surface area contributed by atoms with E-state index in [0.29, 0.717) is 62.2 Å². The number of carbonyl (C=O) groups is 1. The number of piperazine rings is 1. The van der Waals surface area contributed by atoms with Gasteiger partial charge in [0, 0.05) is 26.2 Å². The fraction of sp³-hybridized carbons (Fsp3) is 0.333. The third kappa shape index (κ3) is 4.30. The number of carbonyl (C=O) groups excluding carboxylic acids is 1. The topological polar surface area (TPSA) is 76.4 Å². The van der Waals surface area contributed by atoms with Crippen molar-refractivity contribution < 1.29 is 13.9 Å². The van der Waals surface area contributed by atoms with Gasteiger partial charge in [0.05, 0.1) is 24.4 Å². The monoisotopic (exact) mass is 410 g/mol. The van der Waals surface area contributed by atoms with E-state index in [1.807, 2.05) is 30.0 Å². The van der Waals surface area contributed by atoms with E-state index in [1.165, 1.54) is 12.1 Å². The van der Waals surface area contributed by atoms with E-state index in [1.54, 1.807) is 22.9 Å². The minimum Gasteiger partial charge on any atom is -0.493 e. The summed E-state index contributed by atoms with van der Waals surface area (Å²) in [6, 6.07) is 13.4. The molecule has 0 unspecified atom stereocenters. The van der Waals surface area contributed by atoms with Crippen LogP contribution in [0.5, 0.6) is 5.75 Å². The molecule has 0 radical (unpaired) electrons. The van der Waals surface area contributed by atoms with Gasteiger partial charge in [-0.1, -0.05) is 12.1 Å². The normalized spacial score (nSPS) is 14.7. The van der Waals surface area contributed by atoms with E-state index >= 15 is 0 Å². The molecular weight excluding hydrogens is 387 g/mol. The molecule has 0 saturated carbocycles. The summed E-state index contributed by atoms with van der Waals surface area (Å²) in [4.78, 5) is 17.0. The number of amides is 1. The molecule has 2 heterocycles. The van der Waals surface area contributed by atoms with Crippen LogP contribution >= 0.6 is 0 Å². The smallest absolute Gasteiger partial charge is 0.257 e. The maximum absolute atomic E-state index is 13.2. The van der Waals surface area contributed by atoms with Gasteiger partial charge < -0.3 is 9.64 Å². The lowest BCUT2D eigenvalue weighted by Gasteiger charge is -2.34. The number of aromatic nitrogens is 4. The molecule has 0 aliphatic carbocycles. The summed E-state index contributed by atoms with van der Waals surface area (Å²) in [6.45, 7) is 5.59. The van der Waals surface area contributed by atoms with Crippen LogP contribution in [0.3, 0.4) is 0 Å². The van der Waals surface area contributed by atoms with Gasteiger partial charge >= 0.3 is 0 Å². The van der Waals surface area contributed by atoms with Gasteiger partial charge in [-0.15, -0.1) is 5.10 Å². The first kappa shape index (κ1) is 20.0. The molecule has 1 aliphatic heterocycles. The summed E-state index contributed by atoms with van der Waals surface area (Å²) >= 11 is 0. The SMILES string of the molecule is CCOc1ccccc1C(=O)N1CCN(Cc2nnnn2-c2ccc(F)cc2)CC1. The van der Waals surface area contributed by atoms with Gasteiger partial charge in [-0.25, -0.2) is 4.39 Å². The van der Waals surface area contributed by atoms with E-state index < -0.39 is 0 Å². The van der Waals surface area contributed by atoms with Crippen molar-refractivity contribution in [3.05, 3.63) is 65.7 Å². The van der Waals surface area contributed by atoms with Crippen molar-refractivity contribution in [2.24, 2.45) is 0 Å². The molecule has 3 aromatic rings. The number of para-hydroxylation sites is 1. The fourth-order valence-electron chi connectivity index (χ4n) is 3.49. The summed E-state index contributed by atoms with van der Waals surface area (Å²) < 4.78 is 20.4. The van der Waals surface area contributed by atoms with Crippen LogP contribution in [0.1, 0.15) is 23.1 Å². The van der Waals surface area contributed by atoms with Crippen LogP contribution in [0.15, 0.2) is 48.5 Å². The van der Waals surface area contributed by atoms with Gasteiger partial charge in [0.15, 0.2) is 5.82 Å². The van der Waals surface area contributed by atoms with Gasteiger partial charge in [0.1, 0.15) is 11.6 Å². The molecular formula is C21H23FN6O2. The molecule has 156 valence electrons. The molecule has 2 aromatic carbocycles. The summed E-state index contributed by atoms with van der Waals surface area (Å²) in [6.07, 6.45) is 0. The molecule has 8 nitrogen and oxygen atoms in total. The number of nitrogens with zero attached hydrogens (tertiary/aromatic N) is 6. The molecule has 0 bridgehead atoms. The molecule has 0 N–H and O–H groups in total. The second-order valence-corrected chi connectivity index (χ2v) is 6.98. The van der Waals surface area contributed by atoms with Crippen molar-refractivity contribution in [2.45, 2.75) is 13.5 Å². The largest absolute Gasteiger partial charge is 0.493 e. The Kier molecular flexibility index (Phi) is 5.99. The van der Waals surface area contributed by atoms with Crippen molar-refractivity contribution in [1.29, 1.82) is 0 Å². The lowest BCUT2D eigenvalue weighted by atomic mass is 10.1. The first-order valence-electron chi connectivity index (χ1n) is 9.92. The van der Waals surface area contributed by atoms with Crippen LogP contribution in [0, 0.1) is 5.82 Å². The highest BCUT2D eigenvalue weighted by Crippen LogP contribution is 2.21. The van der Waals surface area contributed by atoms with Gasteiger partial charge in [-0.05, 0) is 53.7 Å². The average molecular weight is 410 g/mol. The van der Waals surface area contributed by atoms with E-state index in [-0.39, 0.29) is 11.7 Å². The first-order valence-corrected chi connectivity index (χ1v) is 9.92. The molecule has 1 fully saturated rings. The second kappa shape index (κ2) is 9.00. The average Bonchev–Trinajstić information content (AvgIpc) is 3.23. The van der Waals surface area contributed by atoms with E-state index in [2.05, 4.69) is 20.4 Å². The molecule has 1 aliphatic rings. The van der Waals surface area contributed by atoms with Crippen LogP contribution in [0.4, 0.5) is 4.39 Å². The number of ether oxygens (including phenoxy) is 1. The molecule has 30 heavy (non-hydrogen) atoms. The molecule has 0 spiro atoms. The molecule has 4 rings (SSSR count). The van der Waals surface area contributed by atoms with Crippen LogP contribution in [-0.2, 0) is 6.54 Å². The Morgan fingerprint density at radius 1 is 1.07 bits per heavy atom. The number of rotatable bonds is 6. The number of hydrogen-bond acceptors (Lipinski definition) is 6. The maximum Gasteiger partial charge on any atom is 0.257 e. The minimum absolute atomic E-state index is 0.0187. The Balaban J connectivity index is 1.39. The van der Waals surface area contributed by atoms with Crippen molar-refractivity contribution in [3.63, 3.8) is 0 Å². The van der Waals surface area contributed by atoms with E-state index in [4.69, 9.17) is 4.74 Å². The summed E-state index contributed by atoms with van der Waals surface area (Å²) in [5.41, 5.74) is 1.30. The minimum atomic E-state index is -0.305. The Hall–Kier alpha value is -3.33. The first-order chi connectivity index (χ1) is 14.7. The molecule has 9 heteroatoms. The van der Waals surface area contributed by atoms with Gasteiger partial charge in [-0.3, -0.25) is 9.69 Å². The third-order valence-corrected chi connectivity index (χ3v) is 5.05. The van der Waals surface area contributed by atoms with E-state index in [9.17, 15) is 9.18 Å². The number of benzene rings is 2. The van der Waals surface area contributed by atoms with Crippen LogP contribution in [0.2, 0.25) is 0 Å². The zero-order valence-electron chi connectivity index (χ0n) is 16.7. The lowest BCUT2D eigenvalue weighted by Crippen LogP contribution is -2.48. The predicted octanol–water partition coefficient (Wildman–Crippen LogP) is 2.16. The Labute approximate surface area is 173 Å². The van der Waals surface area contributed by atoms with Crippen molar-refractivity contribution in [1.82, 2.24) is 30.0 Å².